The van der Waals surface area contributed by atoms with Crippen molar-refractivity contribution < 1.29 is 19.0 Å². The third kappa shape index (κ3) is 3.61. The Kier molecular flexibility index (Phi) is 5.11. The van der Waals surface area contributed by atoms with Crippen LogP contribution in [0.4, 0.5) is 5.69 Å². The van der Waals surface area contributed by atoms with Crippen LogP contribution in [-0.2, 0) is 0 Å². The maximum Gasteiger partial charge on any atom is 0.347 e. The number of carbonyl (C=O) groups is 1. The number of hydrogen-bond donors (Lipinski definition) is 2. The number of hydrogen-bond acceptors (Lipinski definition) is 6. The molecule has 0 saturated heterocycles. The minimum absolute atomic E-state index is 0.279. The minimum Gasteiger partial charge on any atom is -0.496 e. The monoisotopic (exact) mass is 370 g/mol. The van der Waals surface area contributed by atoms with E-state index in [-0.39, 0.29) is 11.3 Å². The van der Waals surface area contributed by atoms with Crippen LogP contribution >= 0.6 is 0 Å². The van der Waals surface area contributed by atoms with Crippen molar-refractivity contribution in [1.82, 2.24) is 14.8 Å². The van der Waals surface area contributed by atoms with Gasteiger partial charge in [-0.25, -0.2) is 14.5 Å². The standard InChI is InChI=1S/C18H18N4O5/c1-25-14-9-16(27-3)15(26-2)8-13(14)17(23)20-11-5-4-6-12(7-11)22-10-19-21-18(22)24/h4-10H,1-3H3,(H,20,23)(H,21,24). The molecule has 140 valence electrons. The number of aromatic nitrogens is 3. The fraction of sp³-hybridized carbons (Fsp3) is 0.167. The molecular weight excluding hydrogens is 352 g/mol. The molecule has 0 unspecified atom stereocenters. The summed E-state index contributed by atoms with van der Waals surface area (Å²) in [5, 5.41) is 8.79. The molecule has 2 N–H and O–H groups in total. The van der Waals surface area contributed by atoms with Crippen LogP contribution in [-0.4, -0.2) is 42.0 Å². The lowest BCUT2D eigenvalue weighted by molar-refractivity contribution is 0.102. The van der Waals surface area contributed by atoms with Gasteiger partial charge in [0.15, 0.2) is 11.5 Å². The van der Waals surface area contributed by atoms with Gasteiger partial charge in [-0.2, -0.15) is 5.10 Å². The molecule has 1 heterocycles. The summed E-state index contributed by atoms with van der Waals surface area (Å²) >= 11 is 0. The van der Waals surface area contributed by atoms with Gasteiger partial charge in [0.2, 0.25) is 0 Å². The Labute approximate surface area is 154 Å². The zero-order chi connectivity index (χ0) is 19.4. The van der Waals surface area contributed by atoms with Gasteiger partial charge in [0.05, 0.1) is 32.6 Å². The average Bonchev–Trinajstić information content (AvgIpc) is 3.12. The van der Waals surface area contributed by atoms with Gasteiger partial charge >= 0.3 is 5.69 Å². The van der Waals surface area contributed by atoms with Crippen molar-refractivity contribution in [3.8, 4) is 22.9 Å². The Bertz CT molecular complexity index is 1020. The van der Waals surface area contributed by atoms with Crippen molar-refractivity contribution >= 4 is 11.6 Å². The highest BCUT2D eigenvalue weighted by atomic mass is 16.5. The Morgan fingerprint density at radius 2 is 1.74 bits per heavy atom. The van der Waals surface area contributed by atoms with Gasteiger partial charge in [-0.05, 0) is 18.2 Å². The SMILES string of the molecule is COc1cc(OC)c(C(=O)Nc2cccc(-n3cn[nH]c3=O)c2)cc1OC. The first kappa shape index (κ1) is 18.1. The number of nitrogens with one attached hydrogen (secondary N) is 2. The van der Waals surface area contributed by atoms with E-state index in [0.717, 1.165) is 0 Å². The van der Waals surface area contributed by atoms with Crippen molar-refractivity contribution in [2.45, 2.75) is 0 Å². The first-order valence-electron chi connectivity index (χ1n) is 7.91. The van der Waals surface area contributed by atoms with E-state index in [0.29, 0.717) is 28.6 Å². The molecule has 9 nitrogen and oxygen atoms in total. The van der Waals surface area contributed by atoms with Crippen LogP contribution in [0, 0.1) is 0 Å². The third-order valence-corrected chi connectivity index (χ3v) is 3.88. The zero-order valence-corrected chi connectivity index (χ0v) is 15.0. The number of rotatable bonds is 6. The fourth-order valence-corrected chi connectivity index (χ4v) is 2.57. The third-order valence-electron chi connectivity index (χ3n) is 3.88. The number of carbonyl (C=O) groups excluding carboxylic acids is 1. The highest BCUT2D eigenvalue weighted by molar-refractivity contribution is 6.06. The van der Waals surface area contributed by atoms with Crippen LogP contribution in [0.5, 0.6) is 17.2 Å². The molecule has 0 aliphatic carbocycles. The van der Waals surface area contributed by atoms with E-state index in [1.54, 1.807) is 30.3 Å². The smallest absolute Gasteiger partial charge is 0.347 e. The Balaban J connectivity index is 1.92. The number of aromatic amines is 1. The molecule has 0 fully saturated rings. The lowest BCUT2D eigenvalue weighted by Gasteiger charge is -2.14. The van der Waals surface area contributed by atoms with Crippen LogP contribution < -0.4 is 25.2 Å². The van der Waals surface area contributed by atoms with Crippen molar-refractivity contribution in [3.63, 3.8) is 0 Å². The van der Waals surface area contributed by atoms with E-state index in [1.807, 2.05) is 0 Å². The minimum atomic E-state index is -0.399. The molecule has 27 heavy (non-hydrogen) atoms. The second-order valence-corrected chi connectivity index (χ2v) is 5.44. The van der Waals surface area contributed by atoms with Gasteiger partial charge in [-0.1, -0.05) is 6.07 Å². The molecule has 0 radical (unpaired) electrons. The molecule has 0 aliphatic rings. The molecule has 1 amide bonds. The number of methoxy groups -OCH3 is 3. The largest absolute Gasteiger partial charge is 0.496 e. The van der Waals surface area contributed by atoms with Gasteiger partial charge in [0.25, 0.3) is 5.91 Å². The molecule has 3 rings (SSSR count). The number of benzene rings is 2. The molecule has 2 aromatic carbocycles. The summed E-state index contributed by atoms with van der Waals surface area (Å²) in [5.74, 6) is 0.797. The number of H-pyrrole nitrogens is 1. The van der Waals surface area contributed by atoms with Gasteiger partial charge in [-0.15, -0.1) is 0 Å². The van der Waals surface area contributed by atoms with Crippen LogP contribution in [0.3, 0.4) is 0 Å². The van der Waals surface area contributed by atoms with E-state index < -0.39 is 5.91 Å². The van der Waals surface area contributed by atoms with Gasteiger partial charge in [0.1, 0.15) is 12.1 Å². The molecule has 0 saturated carbocycles. The molecule has 9 heteroatoms. The van der Waals surface area contributed by atoms with E-state index >= 15 is 0 Å². The summed E-state index contributed by atoms with van der Waals surface area (Å²) in [7, 11) is 4.45. The predicted octanol–water partition coefficient (Wildman–Crippen LogP) is 1.84. The molecular formula is C18H18N4O5. The van der Waals surface area contributed by atoms with Crippen molar-refractivity contribution in [2.75, 3.05) is 26.6 Å². The van der Waals surface area contributed by atoms with Gasteiger partial charge < -0.3 is 19.5 Å². The first-order chi connectivity index (χ1) is 13.1. The van der Waals surface area contributed by atoms with E-state index in [2.05, 4.69) is 15.5 Å². The highest BCUT2D eigenvalue weighted by Gasteiger charge is 2.18. The summed E-state index contributed by atoms with van der Waals surface area (Å²) < 4.78 is 17.1. The normalized spacial score (nSPS) is 10.3. The molecule has 0 aliphatic heterocycles. The Morgan fingerprint density at radius 3 is 2.37 bits per heavy atom. The molecule has 0 atom stereocenters. The van der Waals surface area contributed by atoms with Crippen LogP contribution in [0.15, 0.2) is 47.5 Å². The van der Waals surface area contributed by atoms with Gasteiger partial charge in [-0.3, -0.25) is 4.79 Å². The van der Waals surface area contributed by atoms with Crippen LogP contribution in [0.1, 0.15) is 10.4 Å². The maximum absolute atomic E-state index is 12.8. The summed E-state index contributed by atoms with van der Waals surface area (Å²) in [4.78, 5) is 24.5. The Hall–Kier alpha value is -3.75. The zero-order valence-electron chi connectivity index (χ0n) is 15.0. The summed E-state index contributed by atoms with van der Waals surface area (Å²) in [6, 6.07) is 9.92. The summed E-state index contributed by atoms with van der Waals surface area (Å²) in [6.07, 6.45) is 1.36. The van der Waals surface area contributed by atoms with E-state index in [1.165, 1.54) is 38.3 Å². The van der Waals surface area contributed by atoms with Crippen molar-refractivity contribution in [1.29, 1.82) is 0 Å². The van der Waals surface area contributed by atoms with Gasteiger partial charge in [0, 0.05) is 17.8 Å². The number of nitrogens with zero attached hydrogens (tertiary/aromatic N) is 2. The summed E-state index contributed by atoms with van der Waals surface area (Å²) in [5.41, 5.74) is 0.967. The molecule has 3 aromatic rings. The first-order valence-corrected chi connectivity index (χ1v) is 7.91. The van der Waals surface area contributed by atoms with Crippen LogP contribution in [0.2, 0.25) is 0 Å². The average molecular weight is 370 g/mol. The second kappa shape index (κ2) is 7.65. The number of ether oxygens (including phenoxy) is 3. The van der Waals surface area contributed by atoms with Crippen molar-refractivity contribution in [3.05, 3.63) is 58.8 Å². The quantitative estimate of drug-likeness (QED) is 0.686. The van der Waals surface area contributed by atoms with E-state index in [4.69, 9.17) is 14.2 Å². The lowest BCUT2D eigenvalue weighted by Crippen LogP contribution is -2.16. The molecule has 1 aromatic heterocycles. The number of amides is 1. The predicted molar refractivity (Wildman–Crippen MR) is 98.2 cm³/mol. The topological polar surface area (TPSA) is 107 Å². The van der Waals surface area contributed by atoms with Crippen molar-refractivity contribution in [2.24, 2.45) is 0 Å². The lowest BCUT2D eigenvalue weighted by atomic mass is 10.1. The molecule has 0 bridgehead atoms. The Morgan fingerprint density at radius 1 is 1.04 bits per heavy atom. The fourth-order valence-electron chi connectivity index (χ4n) is 2.57. The molecule has 0 spiro atoms. The highest BCUT2D eigenvalue weighted by Crippen LogP contribution is 2.35. The van der Waals surface area contributed by atoms with Crippen LogP contribution in [0.25, 0.3) is 5.69 Å². The second-order valence-electron chi connectivity index (χ2n) is 5.44. The number of anilines is 1. The maximum atomic E-state index is 12.8. The van der Waals surface area contributed by atoms with E-state index in [9.17, 15) is 9.59 Å². The summed E-state index contributed by atoms with van der Waals surface area (Å²) in [6.45, 7) is 0.